The molecule has 3 N–H and O–H groups in total. The summed E-state index contributed by atoms with van der Waals surface area (Å²) in [7, 11) is 1.41. The average molecular weight is 260 g/mol. The molecule has 0 saturated carbocycles. The predicted molar refractivity (Wildman–Crippen MR) is 61.3 cm³/mol. The van der Waals surface area contributed by atoms with Crippen molar-refractivity contribution in [1.82, 2.24) is 5.32 Å². The number of amides is 2. The molecule has 0 aliphatic heterocycles. The van der Waals surface area contributed by atoms with Crippen LogP contribution >= 0.6 is 0 Å². The number of carbonyl (C=O) groups excluding carboxylic acids is 1. The van der Waals surface area contributed by atoms with Crippen molar-refractivity contribution in [2.24, 2.45) is 0 Å². The molecule has 5 nitrogen and oxygen atoms in total. The van der Waals surface area contributed by atoms with E-state index < -0.39 is 23.8 Å². The standard InChI is InChI=1S/C11H14F2N2O3/c1-18-6-7(16)5-14-11(17)15-9-4-2-3-8(12)10(9)13/h2-4,7,16H,5-6H2,1H3,(H2,14,15,17). The Kier molecular flexibility index (Phi) is 5.47. The second-order valence-electron chi connectivity index (χ2n) is 3.55. The summed E-state index contributed by atoms with van der Waals surface area (Å²) in [5.74, 6) is -2.18. The normalized spacial score (nSPS) is 12.0. The third kappa shape index (κ3) is 4.27. The molecule has 2 amide bonds. The lowest BCUT2D eigenvalue weighted by molar-refractivity contribution is 0.0663. The molecule has 0 aromatic heterocycles. The smallest absolute Gasteiger partial charge is 0.319 e. The number of methoxy groups -OCH3 is 1. The van der Waals surface area contributed by atoms with Gasteiger partial charge in [-0.2, -0.15) is 0 Å². The largest absolute Gasteiger partial charge is 0.389 e. The summed E-state index contributed by atoms with van der Waals surface area (Å²) in [5, 5.41) is 13.7. The van der Waals surface area contributed by atoms with Crippen LogP contribution < -0.4 is 10.6 Å². The molecule has 0 bridgehead atoms. The molecule has 1 atom stereocenters. The number of hydrogen-bond donors (Lipinski definition) is 3. The van der Waals surface area contributed by atoms with Crippen LogP contribution in [-0.2, 0) is 4.74 Å². The average Bonchev–Trinajstić information content (AvgIpc) is 2.33. The molecule has 1 aromatic rings. The first-order chi connectivity index (χ1) is 8.54. The molecule has 0 fully saturated rings. The highest BCUT2D eigenvalue weighted by Gasteiger charge is 2.11. The van der Waals surface area contributed by atoms with Crippen LogP contribution in [-0.4, -0.2) is 37.5 Å². The number of aliphatic hydroxyl groups is 1. The van der Waals surface area contributed by atoms with Crippen molar-refractivity contribution in [1.29, 1.82) is 0 Å². The number of aliphatic hydroxyl groups excluding tert-OH is 1. The fourth-order valence-electron chi connectivity index (χ4n) is 1.23. The zero-order chi connectivity index (χ0) is 13.5. The molecule has 18 heavy (non-hydrogen) atoms. The Morgan fingerprint density at radius 3 is 2.89 bits per heavy atom. The molecule has 0 heterocycles. The SMILES string of the molecule is COCC(O)CNC(=O)Nc1cccc(F)c1F. The molecule has 100 valence electrons. The van der Waals surface area contributed by atoms with E-state index in [2.05, 4.69) is 15.4 Å². The van der Waals surface area contributed by atoms with Crippen molar-refractivity contribution in [2.45, 2.75) is 6.10 Å². The van der Waals surface area contributed by atoms with Gasteiger partial charge >= 0.3 is 6.03 Å². The number of nitrogens with one attached hydrogen (secondary N) is 2. The van der Waals surface area contributed by atoms with E-state index in [1.54, 1.807) is 0 Å². The first kappa shape index (κ1) is 14.3. The van der Waals surface area contributed by atoms with Gasteiger partial charge in [0.1, 0.15) is 0 Å². The van der Waals surface area contributed by atoms with Crippen LogP contribution in [0.2, 0.25) is 0 Å². The lowest BCUT2D eigenvalue weighted by Crippen LogP contribution is -2.37. The van der Waals surface area contributed by atoms with Crippen LogP contribution in [0.1, 0.15) is 0 Å². The lowest BCUT2D eigenvalue weighted by atomic mass is 10.3. The Labute approximate surface area is 103 Å². The molecule has 0 saturated heterocycles. The fraction of sp³-hybridized carbons (Fsp3) is 0.364. The Morgan fingerprint density at radius 2 is 2.22 bits per heavy atom. The van der Waals surface area contributed by atoms with Crippen molar-refractivity contribution in [3.63, 3.8) is 0 Å². The lowest BCUT2D eigenvalue weighted by Gasteiger charge is -2.12. The quantitative estimate of drug-likeness (QED) is 0.742. The van der Waals surface area contributed by atoms with Crippen LogP contribution in [0.15, 0.2) is 18.2 Å². The van der Waals surface area contributed by atoms with E-state index in [0.717, 1.165) is 6.07 Å². The minimum atomic E-state index is -1.13. The Balaban J connectivity index is 2.47. The number of urea groups is 1. The third-order valence-electron chi connectivity index (χ3n) is 2.06. The highest BCUT2D eigenvalue weighted by Crippen LogP contribution is 2.16. The summed E-state index contributed by atoms with van der Waals surface area (Å²) < 4.78 is 30.7. The zero-order valence-electron chi connectivity index (χ0n) is 9.74. The van der Waals surface area contributed by atoms with Gasteiger partial charge in [0.05, 0.1) is 18.4 Å². The monoisotopic (exact) mass is 260 g/mol. The van der Waals surface area contributed by atoms with Gasteiger partial charge in [-0.3, -0.25) is 0 Å². The van der Waals surface area contributed by atoms with E-state index in [1.165, 1.54) is 19.2 Å². The Morgan fingerprint density at radius 1 is 1.50 bits per heavy atom. The molecule has 1 aromatic carbocycles. The Bertz CT molecular complexity index is 415. The van der Waals surface area contributed by atoms with Crippen molar-refractivity contribution in [3.8, 4) is 0 Å². The minimum absolute atomic E-state index is 0.0589. The van der Waals surface area contributed by atoms with Gasteiger partial charge in [0, 0.05) is 13.7 Å². The molecule has 7 heteroatoms. The fourth-order valence-corrected chi connectivity index (χ4v) is 1.23. The van der Waals surface area contributed by atoms with E-state index in [1.807, 2.05) is 0 Å². The maximum Gasteiger partial charge on any atom is 0.319 e. The van der Waals surface area contributed by atoms with Crippen LogP contribution in [0.4, 0.5) is 19.3 Å². The van der Waals surface area contributed by atoms with Crippen molar-refractivity contribution < 1.29 is 23.4 Å². The van der Waals surface area contributed by atoms with E-state index in [9.17, 15) is 18.7 Å². The first-order valence-corrected chi connectivity index (χ1v) is 5.20. The predicted octanol–water partition coefficient (Wildman–Crippen LogP) is 1.09. The summed E-state index contributed by atoms with van der Waals surface area (Å²) in [6.45, 7) is 0.00517. The van der Waals surface area contributed by atoms with Gasteiger partial charge in [0.15, 0.2) is 11.6 Å². The van der Waals surface area contributed by atoms with E-state index in [4.69, 9.17) is 0 Å². The molecule has 0 aliphatic rings. The van der Waals surface area contributed by atoms with Gasteiger partial charge in [-0.15, -0.1) is 0 Å². The highest BCUT2D eigenvalue weighted by atomic mass is 19.2. The molecule has 0 spiro atoms. The number of carbonyl (C=O) groups is 1. The van der Waals surface area contributed by atoms with Crippen LogP contribution in [0.5, 0.6) is 0 Å². The maximum absolute atomic E-state index is 13.2. The number of hydrogen-bond acceptors (Lipinski definition) is 3. The maximum atomic E-state index is 13.2. The van der Waals surface area contributed by atoms with Crippen LogP contribution in [0.25, 0.3) is 0 Å². The zero-order valence-corrected chi connectivity index (χ0v) is 9.74. The van der Waals surface area contributed by atoms with E-state index >= 15 is 0 Å². The molecule has 0 radical (unpaired) electrons. The molecular weight excluding hydrogens is 246 g/mol. The summed E-state index contributed by atoms with van der Waals surface area (Å²) in [6.07, 6.45) is -0.863. The number of benzene rings is 1. The highest BCUT2D eigenvalue weighted by molar-refractivity contribution is 5.89. The van der Waals surface area contributed by atoms with Gasteiger partial charge in [-0.05, 0) is 12.1 Å². The van der Waals surface area contributed by atoms with Crippen molar-refractivity contribution >= 4 is 11.7 Å². The number of ether oxygens (including phenoxy) is 1. The summed E-state index contributed by atoms with van der Waals surface area (Å²) in [4.78, 5) is 11.3. The van der Waals surface area contributed by atoms with Gasteiger partial charge in [-0.1, -0.05) is 6.07 Å². The number of anilines is 1. The van der Waals surface area contributed by atoms with Gasteiger partial charge < -0.3 is 20.5 Å². The van der Waals surface area contributed by atoms with Crippen molar-refractivity contribution in [3.05, 3.63) is 29.8 Å². The van der Waals surface area contributed by atoms with Gasteiger partial charge in [0.2, 0.25) is 0 Å². The summed E-state index contributed by atoms with van der Waals surface area (Å²) in [6, 6.07) is 2.70. The van der Waals surface area contributed by atoms with E-state index in [-0.39, 0.29) is 18.8 Å². The molecular formula is C11H14F2N2O3. The van der Waals surface area contributed by atoms with Crippen LogP contribution in [0.3, 0.4) is 0 Å². The van der Waals surface area contributed by atoms with Crippen LogP contribution in [0, 0.1) is 11.6 Å². The second kappa shape index (κ2) is 6.87. The molecule has 0 aliphatic carbocycles. The minimum Gasteiger partial charge on any atom is -0.389 e. The van der Waals surface area contributed by atoms with Gasteiger partial charge in [-0.25, -0.2) is 13.6 Å². The van der Waals surface area contributed by atoms with Crippen molar-refractivity contribution in [2.75, 3.05) is 25.6 Å². The topological polar surface area (TPSA) is 70.6 Å². The number of rotatable bonds is 5. The summed E-state index contributed by atoms with van der Waals surface area (Å²) >= 11 is 0. The summed E-state index contributed by atoms with van der Waals surface area (Å²) in [5.41, 5.74) is -0.270. The first-order valence-electron chi connectivity index (χ1n) is 5.20. The second-order valence-corrected chi connectivity index (χ2v) is 3.55. The Hall–Kier alpha value is -1.73. The van der Waals surface area contributed by atoms with Gasteiger partial charge in [0.25, 0.3) is 0 Å². The molecule has 1 unspecified atom stereocenters. The third-order valence-corrected chi connectivity index (χ3v) is 2.06. The molecule has 1 rings (SSSR count). The number of halogens is 2. The van der Waals surface area contributed by atoms with E-state index in [0.29, 0.717) is 0 Å².